The molecule has 0 saturated heterocycles. The van der Waals surface area contributed by atoms with Crippen molar-refractivity contribution < 1.29 is 0 Å². The van der Waals surface area contributed by atoms with Crippen LogP contribution in [0.15, 0.2) is 18.2 Å². The Morgan fingerprint density at radius 1 is 1.45 bits per heavy atom. The summed E-state index contributed by atoms with van der Waals surface area (Å²) in [6.45, 7) is 2.86. The molecule has 0 fully saturated rings. The highest BCUT2D eigenvalue weighted by molar-refractivity contribution is 14.1. The molecular formula is C9H12IN. The predicted octanol–water partition coefficient (Wildman–Crippen LogP) is 2.10. The molecule has 0 bridgehead atoms. The van der Waals surface area contributed by atoms with Gasteiger partial charge in [0, 0.05) is 3.57 Å². The lowest BCUT2D eigenvalue weighted by atomic mass is 10.1. The van der Waals surface area contributed by atoms with E-state index in [1.807, 2.05) is 0 Å². The van der Waals surface area contributed by atoms with Crippen LogP contribution < -0.4 is 5.73 Å². The smallest absolute Gasteiger partial charge is 0.0192 e. The van der Waals surface area contributed by atoms with Crippen molar-refractivity contribution >= 4 is 22.6 Å². The first-order valence-electron chi connectivity index (χ1n) is 3.69. The van der Waals surface area contributed by atoms with Crippen LogP contribution in [0.5, 0.6) is 0 Å². The zero-order valence-corrected chi connectivity index (χ0v) is 8.76. The fourth-order valence-corrected chi connectivity index (χ4v) is 1.69. The maximum absolute atomic E-state index is 5.48. The Kier molecular flexibility index (Phi) is 3.33. The molecule has 0 aliphatic heterocycles. The van der Waals surface area contributed by atoms with Gasteiger partial charge in [0.15, 0.2) is 0 Å². The Balaban J connectivity index is 2.96. The summed E-state index contributed by atoms with van der Waals surface area (Å²) in [6.07, 6.45) is 0.986. The van der Waals surface area contributed by atoms with Crippen molar-refractivity contribution in [3.63, 3.8) is 0 Å². The first-order valence-corrected chi connectivity index (χ1v) is 4.77. The first kappa shape index (κ1) is 9.00. The molecule has 60 valence electrons. The highest BCUT2D eigenvalue weighted by Gasteiger charge is 1.99. The Bertz CT molecular complexity index is 245. The third-order valence-electron chi connectivity index (χ3n) is 1.69. The Hall–Kier alpha value is -0.0900. The highest BCUT2D eigenvalue weighted by atomic mass is 127. The minimum atomic E-state index is 0.736. The van der Waals surface area contributed by atoms with Gasteiger partial charge in [-0.15, -0.1) is 0 Å². The first-order chi connectivity index (χ1) is 5.25. The molecule has 1 nitrogen and oxygen atoms in total. The summed E-state index contributed by atoms with van der Waals surface area (Å²) in [4.78, 5) is 0. The van der Waals surface area contributed by atoms with Gasteiger partial charge < -0.3 is 5.73 Å². The summed E-state index contributed by atoms with van der Waals surface area (Å²) in [5, 5.41) is 0. The molecule has 0 spiro atoms. The van der Waals surface area contributed by atoms with Gasteiger partial charge in [0.2, 0.25) is 0 Å². The van der Waals surface area contributed by atoms with E-state index >= 15 is 0 Å². The quantitative estimate of drug-likeness (QED) is 0.810. The fourth-order valence-electron chi connectivity index (χ4n) is 1.06. The summed E-state index contributed by atoms with van der Waals surface area (Å²) < 4.78 is 1.36. The molecule has 0 atom stereocenters. The summed E-state index contributed by atoms with van der Waals surface area (Å²) in [5.41, 5.74) is 8.19. The number of rotatable bonds is 2. The van der Waals surface area contributed by atoms with E-state index < -0.39 is 0 Å². The van der Waals surface area contributed by atoms with Gasteiger partial charge in [-0.3, -0.25) is 0 Å². The van der Waals surface area contributed by atoms with E-state index in [0.717, 1.165) is 13.0 Å². The van der Waals surface area contributed by atoms with Crippen molar-refractivity contribution in [2.45, 2.75) is 13.3 Å². The normalized spacial score (nSPS) is 10.1. The molecule has 0 aliphatic rings. The number of aryl methyl sites for hydroxylation is 1. The van der Waals surface area contributed by atoms with Crippen LogP contribution in [-0.4, -0.2) is 6.54 Å². The number of halogens is 1. The second-order valence-corrected chi connectivity index (χ2v) is 3.67. The molecule has 0 unspecified atom stereocenters. The second kappa shape index (κ2) is 4.07. The van der Waals surface area contributed by atoms with Gasteiger partial charge in [0.25, 0.3) is 0 Å². The molecule has 2 N–H and O–H groups in total. The molecule has 0 aromatic heterocycles. The van der Waals surface area contributed by atoms with Gasteiger partial charge >= 0.3 is 0 Å². The van der Waals surface area contributed by atoms with E-state index in [1.165, 1.54) is 14.7 Å². The molecule has 1 aromatic rings. The molecule has 0 saturated carbocycles. The Morgan fingerprint density at radius 3 is 2.82 bits per heavy atom. The number of hydrogen-bond donors (Lipinski definition) is 1. The molecule has 0 aliphatic carbocycles. The van der Waals surface area contributed by atoms with Gasteiger partial charge in [-0.05, 0) is 53.6 Å². The molecule has 1 aromatic carbocycles. The Labute approximate surface area is 81.1 Å². The van der Waals surface area contributed by atoms with E-state index in [4.69, 9.17) is 5.73 Å². The zero-order valence-electron chi connectivity index (χ0n) is 6.60. The number of nitrogens with two attached hydrogens (primary N) is 1. The lowest BCUT2D eigenvalue weighted by Crippen LogP contribution is -2.04. The van der Waals surface area contributed by atoms with Crippen molar-refractivity contribution in [2.75, 3.05) is 6.54 Å². The largest absolute Gasteiger partial charge is 0.330 e. The van der Waals surface area contributed by atoms with Crippen LogP contribution in [0.3, 0.4) is 0 Å². The molecular weight excluding hydrogens is 249 g/mol. The fraction of sp³-hybridized carbons (Fsp3) is 0.333. The molecule has 0 amide bonds. The molecule has 11 heavy (non-hydrogen) atoms. The average molecular weight is 261 g/mol. The molecule has 2 heteroatoms. The summed E-state index contributed by atoms with van der Waals surface area (Å²) in [6, 6.07) is 6.35. The van der Waals surface area contributed by atoms with Crippen molar-refractivity contribution in [3.05, 3.63) is 32.9 Å². The third-order valence-corrected chi connectivity index (χ3v) is 3.23. The van der Waals surface area contributed by atoms with Crippen molar-refractivity contribution in [1.29, 1.82) is 0 Å². The number of hydrogen-bond acceptors (Lipinski definition) is 1. The van der Waals surface area contributed by atoms with Gasteiger partial charge in [-0.1, -0.05) is 18.2 Å². The maximum Gasteiger partial charge on any atom is 0.0192 e. The van der Waals surface area contributed by atoms with Crippen LogP contribution in [0.4, 0.5) is 0 Å². The lowest BCUT2D eigenvalue weighted by molar-refractivity contribution is 0.960. The predicted molar refractivity (Wildman–Crippen MR) is 56.7 cm³/mol. The van der Waals surface area contributed by atoms with Gasteiger partial charge in [0.1, 0.15) is 0 Å². The number of benzene rings is 1. The monoisotopic (exact) mass is 261 g/mol. The summed E-state index contributed by atoms with van der Waals surface area (Å²) in [5.74, 6) is 0. The van der Waals surface area contributed by atoms with Gasteiger partial charge in [-0.2, -0.15) is 0 Å². The standard InChI is InChI=1S/C9H12IN/c1-7-3-2-4-8(5-6-11)9(7)10/h2-4H,5-6,11H2,1H3. The third kappa shape index (κ3) is 2.17. The van der Waals surface area contributed by atoms with Gasteiger partial charge in [0.05, 0.1) is 0 Å². The Morgan fingerprint density at radius 2 is 2.18 bits per heavy atom. The summed E-state index contributed by atoms with van der Waals surface area (Å²) >= 11 is 2.37. The van der Waals surface area contributed by atoms with Crippen LogP contribution in [0.1, 0.15) is 11.1 Å². The highest BCUT2D eigenvalue weighted by Crippen LogP contribution is 2.16. The molecule has 0 heterocycles. The van der Waals surface area contributed by atoms with E-state index in [1.54, 1.807) is 0 Å². The minimum Gasteiger partial charge on any atom is -0.330 e. The van der Waals surface area contributed by atoms with Crippen LogP contribution in [-0.2, 0) is 6.42 Å². The van der Waals surface area contributed by atoms with Crippen LogP contribution in [0.25, 0.3) is 0 Å². The summed E-state index contributed by atoms with van der Waals surface area (Å²) in [7, 11) is 0. The minimum absolute atomic E-state index is 0.736. The van der Waals surface area contributed by atoms with E-state index in [9.17, 15) is 0 Å². The van der Waals surface area contributed by atoms with Crippen molar-refractivity contribution in [3.8, 4) is 0 Å². The SMILES string of the molecule is Cc1cccc(CCN)c1I. The van der Waals surface area contributed by atoms with Crippen LogP contribution >= 0.6 is 22.6 Å². The lowest BCUT2D eigenvalue weighted by Gasteiger charge is -2.04. The average Bonchev–Trinajstić information content (AvgIpc) is 1.99. The molecule has 1 rings (SSSR count). The van der Waals surface area contributed by atoms with Crippen molar-refractivity contribution in [2.24, 2.45) is 5.73 Å². The van der Waals surface area contributed by atoms with E-state index in [0.29, 0.717) is 0 Å². The van der Waals surface area contributed by atoms with E-state index in [-0.39, 0.29) is 0 Å². The topological polar surface area (TPSA) is 26.0 Å². The van der Waals surface area contributed by atoms with Crippen LogP contribution in [0, 0.1) is 10.5 Å². The zero-order chi connectivity index (χ0) is 8.27. The second-order valence-electron chi connectivity index (χ2n) is 2.59. The van der Waals surface area contributed by atoms with Gasteiger partial charge in [-0.25, -0.2) is 0 Å². The van der Waals surface area contributed by atoms with E-state index in [2.05, 4.69) is 47.7 Å². The molecule has 0 radical (unpaired) electrons. The maximum atomic E-state index is 5.48. The van der Waals surface area contributed by atoms with Crippen molar-refractivity contribution in [1.82, 2.24) is 0 Å². The van der Waals surface area contributed by atoms with Crippen LogP contribution in [0.2, 0.25) is 0 Å².